The van der Waals surface area contributed by atoms with Crippen molar-refractivity contribution in [3.63, 3.8) is 0 Å². The molecular formula is C3H3BrHgN2. The Kier molecular flexibility index (Phi) is 2.32. The van der Waals surface area contributed by atoms with Crippen molar-refractivity contribution in [3.05, 3.63) is 12.5 Å². The molecule has 0 amide bonds. The zero-order valence-corrected chi connectivity index (χ0v) is 10.8. The van der Waals surface area contributed by atoms with E-state index in [1.54, 1.807) is 6.33 Å². The van der Waals surface area contributed by atoms with Gasteiger partial charge in [-0.25, -0.2) is 0 Å². The maximum atomic E-state index is 3.86. The average molecular weight is 348 g/mol. The van der Waals surface area contributed by atoms with Crippen LogP contribution in [-0.2, 0) is 22.1 Å². The quantitative estimate of drug-likeness (QED) is 0.733. The Balaban J connectivity index is 2.76. The molecule has 0 aromatic carbocycles. The number of nitrogens with one attached hydrogen (secondary N) is 1. The van der Waals surface area contributed by atoms with Crippen LogP contribution in [0.3, 0.4) is 0 Å². The van der Waals surface area contributed by atoms with Crippen LogP contribution in [0.5, 0.6) is 0 Å². The molecular weight excluding hydrogens is 345 g/mol. The van der Waals surface area contributed by atoms with Gasteiger partial charge in [-0.05, 0) is 0 Å². The van der Waals surface area contributed by atoms with Crippen molar-refractivity contribution < 1.29 is 22.1 Å². The van der Waals surface area contributed by atoms with E-state index in [0.717, 1.165) is 0 Å². The van der Waals surface area contributed by atoms with Gasteiger partial charge in [-0.1, -0.05) is 0 Å². The first-order valence-electron chi connectivity index (χ1n) is 1.96. The molecule has 0 aliphatic heterocycles. The molecule has 0 saturated heterocycles. The van der Waals surface area contributed by atoms with Crippen LogP contribution in [0.25, 0.3) is 0 Å². The van der Waals surface area contributed by atoms with Crippen molar-refractivity contribution in [2.24, 2.45) is 0 Å². The number of hydrogen-bond donors (Lipinski definition) is 1. The summed E-state index contributed by atoms with van der Waals surface area (Å²) in [5.41, 5.74) is 0. The zero-order valence-electron chi connectivity index (χ0n) is 3.69. The molecule has 0 aliphatic rings. The molecule has 0 saturated carbocycles. The standard InChI is InChI=1S/C3H3N2.BrH.Hg/c1-2-5-3-4-1;;/h1,3H,(H,4,5);1H;/q;;+1/p-1. The van der Waals surface area contributed by atoms with Gasteiger partial charge in [0.15, 0.2) is 0 Å². The number of aromatic amines is 1. The molecule has 1 aromatic rings. The summed E-state index contributed by atoms with van der Waals surface area (Å²) in [5.74, 6) is 0. The third-order valence-corrected chi connectivity index (χ3v) is 8.62. The third kappa shape index (κ3) is 1.53. The Bertz CT molecular complexity index is 127. The van der Waals surface area contributed by atoms with Crippen molar-refractivity contribution in [2.75, 3.05) is 0 Å². The van der Waals surface area contributed by atoms with Gasteiger partial charge in [0.05, 0.1) is 0 Å². The van der Waals surface area contributed by atoms with E-state index in [1.165, 1.54) is 3.20 Å². The molecule has 1 heterocycles. The van der Waals surface area contributed by atoms with Crippen molar-refractivity contribution in [2.45, 2.75) is 0 Å². The number of nitrogens with zero attached hydrogens (tertiary/aromatic N) is 1. The zero-order chi connectivity index (χ0) is 5.11. The summed E-state index contributed by atoms with van der Waals surface area (Å²) in [6, 6.07) is 0. The monoisotopic (exact) mass is 348 g/mol. The fourth-order valence-corrected chi connectivity index (χ4v) is 4.38. The minimum absolute atomic E-state index is 0.788. The normalized spacial score (nSPS) is 8.14. The van der Waals surface area contributed by atoms with Crippen LogP contribution in [0.1, 0.15) is 0 Å². The van der Waals surface area contributed by atoms with Gasteiger partial charge in [0.25, 0.3) is 0 Å². The third-order valence-electron chi connectivity index (χ3n) is 0.699. The van der Waals surface area contributed by atoms with Gasteiger partial charge in [-0.15, -0.1) is 0 Å². The molecule has 0 aliphatic carbocycles. The maximum absolute atomic E-state index is 3.86. The molecule has 0 radical (unpaired) electrons. The van der Waals surface area contributed by atoms with E-state index in [0.29, 0.717) is 0 Å². The van der Waals surface area contributed by atoms with Gasteiger partial charge in [0.1, 0.15) is 0 Å². The number of rotatable bonds is 1. The minimum atomic E-state index is -0.788. The average Bonchev–Trinajstić information content (AvgIpc) is 2.14. The van der Waals surface area contributed by atoms with Gasteiger partial charge in [0.2, 0.25) is 0 Å². The molecule has 34 valence electrons. The summed E-state index contributed by atoms with van der Waals surface area (Å²) in [6.45, 7) is 0. The van der Waals surface area contributed by atoms with Crippen molar-refractivity contribution in [1.29, 1.82) is 0 Å². The fourth-order valence-electron chi connectivity index (χ4n) is 0.358. The Labute approximate surface area is 59.4 Å². The Morgan fingerprint density at radius 1 is 1.86 bits per heavy atom. The summed E-state index contributed by atoms with van der Waals surface area (Å²) in [7, 11) is 0. The molecule has 0 atom stereocenters. The second kappa shape index (κ2) is 2.82. The molecule has 1 rings (SSSR count). The van der Waals surface area contributed by atoms with Gasteiger partial charge < -0.3 is 0 Å². The first kappa shape index (κ1) is 5.76. The summed E-state index contributed by atoms with van der Waals surface area (Å²) in [5, 5.41) is 0. The second-order valence-electron chi connectivity index (χ2n) is 1.21. The molecule has 0 spiro atoms. The Morgan fingerprint density at radius 2 is 2.71 bits per heavy atom. The fraction of sp³-hybridized carbons (Fsp3) is 0. The van der Waals surface area contributed by atoms with E-state index >= 15 is 0 Å². The van der Waals surface area contributed by atoms with Crippen LogP contribution < -0.4 is 3.20 Å². The molecule has 1 aromatic heterocycles. The van der Waals surface area contributed by atoms with Gasteiger partial charge in [-0.3, -0.25) is 0 Å². The van der Waals surface area contributed by atoms with Crippen molar-refractivity contribution in [3.8, 4) is 0 Å². The van der Waals surface area contributed by atoms with Crippen LogP contribution in [0.15, 0.2) is 12.5 Å². The van der Waals surface area contributed by atoms with E-state index < -0.39 is 22.1 Å². The summed E-state index contributed by atoms with van der Waals surface area (Å²) in [6.07, 6.45) is 3.60. The first-order valence-corrected chi connectivity index (χ1v) is 16.6. The Hall–Kier alpha value is 0.625. The number of halogens is 1. The first-order chi connectivity index (χ1) is 3.43. The van der Waals surface area contributed by atoms with Gasteiger partial charge >= 0.3 is 59.7 Å². The van der Waals surface area contributed by atoms with E-state index in [4.69, 9.17) is 0 Å². The van der Waals surface area contributed by atoms with E-state index in [1.807, 2.05) is 6.20 Å². The van der Waals surface area contributed by atoms with Gasteiger partial charge in [0, 0.05) is 0 Å². The predicted octanol–water partition coefficient (Wildman–Crippen LogP) is 0.427. The van der Waals surface area contributed by atoms with Crippen LogP contribution in [0.4, 0.5) is 0 Å². The molecule has 1 N–H and O–H groups in total. The van der Waals surface area contributed by atoms with Crippen LogP contribution in [0.2, 0.25) is 0 Å². The molecule has 4 heteroatoms. The van der Waals surface area contributed by atoms with Gasteiger partial charge in [-0.2, -0.15) is 0 Å². The topological polar surface area (TPSA) is 28.7 Å². The summed E-state index contributed by atoms with van der Waals surface area (Å²) >= 11 is 2.70. The van der Waals surface area contributed by atoms with E-state index in [9.17, 15) is 0 Å². The van der Waals surface area contributed by atoms with Crippen LogP contribution in [-0.4, -0.2) is 9.97 Å². The number of imidazole rings is 1. The molecule has 0 bridgehead atoms. The van der Waals surface area contributed by atoms with E-state index in [-0.39, 0.29) is 0 Å². The van der Waals surface area contributed by atoms with E-state index in [2.05, 4.69) is 21.9 Å². The van der Waals surface area contributed by atoms with Crippen LogP contribution in [0, 0.1) is 0 Å². The SMILES string of the molecule is [Br][Hg][c]1cnc[nH]1. The van der Waals surface area contributed by atoms with Crippen molar-refractivity contribution >= 4 is 15.1 Å². The molecule has 2 nitrogen and oxygen atoms in total. The van der Waals surface area contributed by atoms with Crippen LogP contribution >= 0.6 is 11.9 Å². The summed E-state index contributed by atoms with van der Waals surface area (Å²) in [4.78, 5) is 6.89. The Morgan fingerprint density at radius 3 is 3.00 bits per heavy atom. The summed E-state index contributed by atoms with van der Waals surface area (Å²) < 4.78 is 1.33. The molecule has 7 heavy (non-hydrogen) atoms. The number of aromatic nitrogens is 2. The van der Waals surface area contributed by atoms with Crippen molar-refractivity contribution in [1.82, 2.24) is 9.97 Å². The number of H-pyrrole nitrogens is 1. The predicted molar refractivity (Wildman–Crippen MR) is 27.1 cm³/mol. The number of hydrogen-bond acceptors (Lipinski definition) is 1. The second-order valence-corrected chi connectivity index (χ2v) is 10.1. The molecule has 0 fully saturated rings. The molecule has 0 unspecified atom stereocenters.